The van der Waals surface area contributed by atoms with E-state index in [9.17, 15) is 8.60 Å². The summed E-state index contributed by atoms with van der Waals surface area (Å²) in [6.45, 7) is 2.17. The lowest BCUT2D eigenvalue weighted by Crippen LogP contribution is -2.04. The second-order valence-corrected chi connectivity index (χ2v) is 6.24. The minimum absolute atomic E-state index is 0.157. The highest BCUT2D eigenvalue weighted by molar-refractivity contribution is 7.83. The van der Waals surface area contributed by atoms with Crippen LogP contribution in [0, 0.1) is 12.7 Å². The van der Waals surface area contributed by atoms with Crippen LogP contribution in [0.15, 0.2) is 42.5 Å². The fourth-order valence-electron chi connectivity index (χ4n) is 2.06. The second kappa shape index (κ2) is 6.77. The van der Waals surface area contributed by atoms with Crippen molar-refractivity contribution in [3.05, 3.63) is 70.5 Å². The largest absolute Gasteiger partial charge is 0.326 e. The van der Waals surface area contributed by atoms with Gasteiger partial charge in [0.25, 0.3) is 0 Å². The average molecular weight is 291 g/mol. The monoisotopic (exact) mass is 291 g/mol. The van der Waals surface area contributed by atoms with Crippen LogP contribution in [0.1, 0.15) is 22.3 Å². The van der Waals surface area contributed by atoms with Crippen molar-refractivity contribution in [2.24, 2.45) is 5.73 Å². The molecule has 0 aliphatic heterocycles. The maximum absolute atomic E-state index is 13.4. The Morgan fingerprint density at radius 1 is 1.10 bits per heavy atom. The number of benzene rings is 2. The predicted octanol–water partition coefficient (Wildman–Crippen LogP) is 3.04. The van der Waals surface area contributed by atoms with E-state index in [4.69, 9.17) is 5.73 Å². The van der Waals surface area contributed by atoms with E-state index >= 15 is 0 Å². The van der Waals surface area contributed by atoms with Crippen LogP contribution in [0.3, 0.4) is 0 Å². The molecule has 0 saturated carbocycles. The number of halogens is 1. The van der Waals surface area contributed by atoms with Gasteiger partial charge in [-0.1, -0.05) is 36.4 Å². The highest BCUT2D eigenvalue weighted by Crippen LogP contribution is 2.15. The molecule has 4 heteroatoms. The van der Waals surface area contributed by atoms with Crippen molar-refractivity contribution in [1.29, 1.82) is 0 Å². The molecule has 2 N–H and O–H groups in total. The summed E-state index contributed by atoms with van der Waals surface area (Å²) in [6, 6.07) is 12.7. The Morgan fingerprint density at radius 2 is 1.85 bits per heavy atom. The van der Waals surface area contributed by atoms with E-state index in [0.29, 0.717) is 17.1 Å². The Kier molecular flexibility index (Phi) is 5.04. The molecule has 2 nitrogen and oxygen atoms in total. The van der Waals surface area contributed by atoms with Gasteiger partial charge < -0.3 is 5.73 Å². The molecule has 106 valence electrons. The smallest absolute Gasteiger partial charge is 0.127 e. The molecule has 2 aromatic carbocycles. The zero-order valence-corrected chi connectivity index (χ0v) is 12.3. The van der Waals surface area contributed by atoms with Gasteiger partial charge in [0.2, 0.25) is 0 Å². The summed E-state index contributed by atoms with van der Waals surface area (Å²) in [4.78, 5) is 0. The third-order valence-corrected chi connectivity index (χ3v) is 4.52. The van der Waals surface area contributed by atoms with E-state index in [1.165, 1.54) is 6.07 Å². The molecule has 1 atom stereocenters. The quantitative estimate of drug-likeness (QED) is 0.920. The highest BCUT2D eigenvalue weighted by Gasteiger charge is 2.08. The lowest BCUT2D eigenvalue weighted by Gasteiger charge is -2.07. The van der Waals surface area contributed by atoms with Crippen molar-refractivity contribution in [1.82, 2.24) is 0 Å². The van der Waals surface area contributed by atoms with Gasteiger partial charge in [-0.3, -0.25) is 4.21 Å². The summed E-state index contributed by atoms with van der Waals surface area (Å²) in [7, 11) is -1.01. The molecule has 20 heavy (non-hydrogen) atoms. The molecule has 0 radical (unpaired) electrons. The van der Waals surface area contributed by atoms with Crippen LogP contribution in [-0.2, 0) is 28.9 Å². The summed E-state index contributed by atoms with van der Waals surface area (Å²) < 4.78 is 25.6. The number of hydrogen-bond acceptors (Lipinski definition) is 2. The second-order valence-electron chi connectivity index (χ2n) is 4.78. The summed E-state index contributed by atoms with van der Waals surface area (Å²) in [6.07, 6.45) is 0. The van der Waals surface area contributed by atoms with Crippen LogP contribution in [0.5, 0.6) is 0 Å². The van der Waals surface area contributed by atoms with Crippen molar-refractivity contribution >= 4 is 10.8 Å². The van der Waals surface area contributed by atoms with Gasteiger partial charge in [-0.05, 0) is 29.7 Å². The van der Waals surface area contributed by atoms with E-state index < -0.39 is 10.8 Å². The van der Waals surface area contributed by atoms with Gasteiger partial charge in [0.1, 0.15) is 5.82 Å². The maximum Gasteiger partial charge on any atom is 0.127 e. The van der Waals surface area contributed by atoms with Crippen molar-refractivity contribution in [3.63, 3.8) is 0 Å². The Hall–Kier alpha value is -1.52. The van der Waals surface area contributed by atoms with Crippen LogP contribution >= 0.6 is 0 Å². The van der Waals surface area contributed by atoms with E-state index in [1.54, 1.807) is 12.1 Å². The van der Waals surface area contributed by atoms with Gasteiger partial charge in [-0.25, -0.2) is 4.39 Å². The van der Waals surface area contributed by atoms with Gasteiger partial charge in [0.05, 0.1) is 0 Å². The zero-order chi connectivity index (χ0) is 14.5. The first-order valence-corrected chi connectivity index (χ1v) is 7.96. The third-order valence-electron chi connectivity index (χ3n) is 3.24. The molecule has 0 aliphatic rings. The number of hydrogen-bond donors (Lipinski definition) is 1. The summed E-state index contributed by atoms with van der Waals surface area (Å²) in [5.74, 6) is 0.629. The average Bonchev–Trinajstić information content (AvgIpc) is 2.43. The minimum atomic E-state index is -1.01. The van der Waals surface area contributed by atoms with Gasteiger partial charge in [-0.2, -0.15) is 0 Å². The summed E-state index contributed by atoms with van der Waals surface area (Å²) in [5.41, 5.74) is 9.04. The Labute approximate surface area is 121 Å². The molecule has 2 rings (SSSR count). The van der Waals surface area contributed by atoms with Crippen molar-refractivity contribution < 1.29 is 8.60 Å². The molecule has 0 spiro atoms. The highest BCUT2D eigenvalue weighted by atomic mass is 32.2. The normalized spacial score (nSPS) is 12.3. The summed E-state index contributed by atoms with van der Waals surface area (Å²) >= 11 is 0. The topological polar surface area (TPSA) is 43.1 Å². The fraction of sp³-hybridized carbons (Fsp3) is 0.250. The molecule has 0 amide bonds. The van der Waals surface area contributed by atoms with Crippen molar-refractivity contribution in [2.45, 2.75) is 25.0 Å². The molecule has 0 saturated heterocycles. The number of nitrogens with two attached hydrogens (primary N) is 1. The molecule has 0 bridgehead atoms. The minimum Gasteiger partial charge on any atom is -0.326 e. The van der Waals surface area contributed by atoms with Gasteiger partial charge in [0.15, 0.2) is 0 Å². The zero-order valence-electron chi connectivity index (χ0n) is 11.4. The molecule has 0 fully saturated rings. The van der Waals surface area contributed by atoms with Gasteiger partial charge in [-0.15, -0.1) is 0 Å². The third kappa shape index (κ3) is 3.74. The SMILES string of the molecule is Cc1ccccc1CS(=O)Cc1ccc(F)c(CN)c1. The Bertz CT molecular complexity index is 628. The van der Waals surface area contributed by atoms with Gasteiger partial charge >= 0.3 is 0 Å². The first-order chi connectivity index (χ1) is 9.60. The first-order valence-electron chi connectivity index (χ1n) is 6.47. The molecule has 0 aliphatic carbocycles. The molecular formula is C16H18FNOS. The van der Waals surface area contributed by atoms with Crippen LogP contribution in [0.4, 0.5) is 4.39 Å². The van der Waals surface area contributed by atoms with E-state index in [0.717, 1.165) is 16.7 Å². The summed E-state index contributed by atoms with van der Waals surface area (Å²) in [5, 5.41) is 0. The van der Waals surface area contributed by atoms with Crippen LogP contribution in [-0.4, -0.2) is 4.21 Å². The van der Waals surface area contributed by atoms with E-state index in [2.05, 4.69) is 0 Å². The van der Waals surface area contributed by atoms with Crippen molar-refractivity contribution in [2.75, 3.05) is 0 Å². The van der Waals surface area contributed by atoms with Crippen LogP contribution in [0.25, 0.3) is 0 Å². The fourth-order valence-corrected chi connectivity index (χ4v) is 3.38. The van der Waals surface area contributed by atoms with Crippen LogP contribution < -0.4 is 5.73 Å². The van der Waals surface area contributed by atoms with Gasteiger partial charge in [0, 0.05) is 34.4 Å². The van der Waals surface area contributed by atoms with E-state index in [1.807, 2.05) is 31.2 Å². The van der Waals surface area contributed by atoms with Crippen molar-refractivity contribution in [3.8, 4) is 0 Å². The molecule has 0 aromatic heterocycles. The Balaban J connectivity index is 2.07. The molecule has 2 aromatic rings. The first kappa shape index (κ1) is 14.9. The predicted molar refractivity (Wildman–Crippen MR) is 81.0 cm³/mol. The number of aryl methyl sites for hydroxylation is 1. The number of rotatable bonds is 5. The lowest BCUT2D eigenvalue weighted by molar-refractivity contribution is 0.610. The van der Waals surface area contributed by atoms with E-state index in [-0.39, 0.29) is 12.4 Å². The lowest BCUT2D eigenvalue weighted by atomic mass is 10.1. The molecular weight excluding hydrogens is 273 g/mol. The Morgan fingerprint density at radius 3 is 2.55 bits per heavy atom. The van der Waals surface area contributed by atoms with Crippen LogP contribution in [0.2, 0.25) is 0 Å². The standard InChI is InChI=1S/C16H18FNOS/c1-12-4-2-3-5-14(12)11-20(19)10-13-6-7-16(17)15(8-13)9-18/h2-8H,9-11,18H2,1H3. The maximum atomic E-state index is 13.4. The molecule has 0 heterocycles. The molecule has 1 unspecified atom stereocenters.